The third-order valence-corrected chi connectivity index (χ3v) is 1.98. The van der Waals surface area contributed by atoms with Crippen LogP contribution in [0, 0.1) is 0 Å². The Morgan fingerprint density at radius 2 is 2.07 bits per heavy atom. The second-order valence-electron chi connectivity index (χ2n) is 3.25. The minimum Gasteiger partial charge on any atom is -0.377 e. The van der Waals surface area contributed by atoms with Gasteiger partial charge in [-0.15, -0.1) is 0 Å². The van der Waals surface area contributed by atoms with E-state index in [9.17, 15) is 4.53 Å². The summed E-state index contributed by atoms with van der Waals surface area (Å²) in [6.45, 7) is 9.24. The molecule has 0 heterocycles. The highest BCUT2D eigenvalue weighted by Crippen LogP contribution is 1.98. The number of ether oxygens (including phenoxy) is 1. The van der Waals surface area contributed by atoms with E-state index in [1.165, 1.54) is 0 Å². The highest BCUT2D eigenvalue weighted by molar-refractivity contribution is 4.88. The summed E-state index contributed by atoms with van der Waals surface area (Å²) in [4.78, 5) is 5.51. The molecular formula is C10H21FN2O2. The molecule has 0 atom stereocenters. The van der Waals surface area contributed by atoms with Gasteiger partial charge in [-0.05, 0) is 18.5 Å². The summed E-state index contributed by atoms with van der Waals surface area (Å²) < 4.78 is 16.4. The minimum atomic E-state index is -0.0103. The van der Waals surface area contributed by atoms with Crippen LogP contribution in [0.15, 0.2) is 12.3 Å². The third kappa shape index (κ3) is 8.35. The SMILES string of the molecule is C=C(C)N(CCNC)CCOCCOF. The molecule has 4 nitrogen and oxygen atoms in total. The maximum Gasteiger partial charge on any atom is 0.111 e. The van der Waals surface area contributed by atoms with E-state index in [2.05, 4.69) is 21.7 Å². The van der Waals surface area contributed by atoms with Gasteiger partial charge in [-0.25, -0.2) is 0 Å². The van der Waals surface area contributed by atoms with Crippen LogP contribution in [0.2, 0.25) is 0 Å². The molecular weight excluding hydrogens is 199 g/mol. The lowest BCUT2D eigenvalue weighted by molar-refractivity contribution is -0.146. The van der Waals surface area contributed by atoms with Gasteiger partial charge in [0.25, 0.3) is 0 Å². The first kappa shape index (κ1) is 14.3. The first-order chi connectivity index (χ1) is 7.22. The molecule has 90 valence electrons. The summed E-state index contributed by atoms with van der Waals surface area (Å²) >= 11 is 0. The highest BCUT2D eigenvalue weighted by atomic mass is 19.3. The molecule has 0 aliphatic heterocycles. The van der Waals surface area contributed by atoms with Crippen molar-refractivity contribution < 1.29 is 14.2 Å². The second kappa shape index (κ2) is 9.89. The monoisotopic (exact) mass is 220 g/mol. The van der Waals surface area contributed by atoms with E-state index in [0.29, 0.717) is 6.61 Å². The molecule has 0 spiro atoms. The maximum absolute atomic E-state index is 11.3. The summed E-state index contributed by atoms with van der Waals surface area (Å²) in [6, 6.07) is 0. The van der Waals surface area contributed by atoms with E-state index >= 15 is 0 Å². The normalized spacial score (nSPS) is 10.3. The molecule has 0 aromatic carbocycles. The molecule has 0 radical (unpaired) electrons. The van der Waals surface area contributed by atoms with E-state index in [1.54, 1.807) is 0 Å². The smallest absolute Gasteiger partial charge is 0.111 e. The Kier molecular flexibility index (Phi) is 9.46. The van der Waals surface area contributed by atoms with Crippen molar-refractivity contribution in [2.24, 2.45) is 0 Å². The van der Waals surface area contributed by atoms with Gasteiger partial charge in [-0.1, -0.05) is 6.58 Å². The third-order valence-electron chi connectivity index (χ3n) is 1.98. The molecule has 0 aliphatic carbocycles. The fourth-order valence-corrected chi connectivity index (χ4v) is 1.11. The van der Waals surface area contributed by atoms with Crippen LogP contribution in [0.1, 0.15) is 6.92 Å². The van der Waals surface area contributed by atoms with E-state index in [4.69, 9.17) is 4.74 Å². The van der Waals surface area contributed by atoms with Gasteiger partial charge in [-0.3, -0.25) is 0 Å². The highest BCUT2D eigenvalue weighted by Gasteiger charge is 2.02. The zero-order valence-electron chi connectivity index (χ0n) is 9.59. The van der Waals surface area contributed by atoms with Crippen molar-refractivity contribution in [3.05, 3.63) is 12.3 Å². The summed E-state index contributed by atoms with van der Waals surface area (Å²) in [5, 5.41) is 3.07. The topological polar surface area (TPSA) is 33.7 Å². The zero-order valence-corrected chi connectivity index (χ0v) is 9.59. The molecule has 0 saturated heterocycles. The quantitative estimate of drug-likeness (QED) is 0.556. The average molecular weight is 220 g/mol. The molecule has 5 heteroatoms. The van der Waals surface area contributed by atoms with Gasteiger partial charge in [0.1, 0.15) is 6.61 Å². The van der Waals surface area contributed by atoms with Crippen molar-refractivity contribution >= 4 is 0 Å². The molecule has 0 amide bonds. The Hall–Kier alpha value is -0.650. The molecule has 0 aromatic rings. The van der Waals surface area contributed by atoms with Crippen LogP contribution in [-0.4, -0.2) is 51.4 Å². The Labute approximate surface area is 90.9 Å². The van der Waals surface area contributed by atoms with E-state index in [1.807, 2.05) is 14.0 Å². The number of rotatable bonds is 10. The van der Waals surface area contributed by atoms with E-state index in [-0.39, 0.29) is 13.2 Å². The van der Waals surface area contributed by atoms with Crippen molar-refractivity contribution in [1.82, 2.24) is 10.2 Å². The summed E-state index contributed by atoms with van der Waals surface area (Å²) in [5.74, 6) is 0. The lowest BCUT2D eigenvalue weighted by atomic mass is 10.4. The fraction of sp³-hybridized carbons (Fsp3) is 0.800. The van der Waals surface area contributed by atoms with Gasteiger partial charge in [-0.2, -0.15) is 4.94 Å². The minimum absolute atomic E-state index is 0.0103. The molecule has 0 aliphatic rings. The van der Waals surface area contributed by atoms with Gasteiger partial charge < -0.3 is 15.0 Å². The number of likely N-dealkylation sites (N-methyl/N-ethyl adjacent to an activating group) is 1. The van der Waals surface area contributed by atoms with Gasteiger partial charge in [0.2, 0.25) is 0 Å². The molecule has 0 aromatic heterocycles. The molecule has 0 rings (SSSR count). The van der Waals surface area contributed by atoms with Gasteiger partial charge in [0, 0.05) is 25.3 Å². The molecule has 15 heavy (non-hydrogen) atoms. The van der Waals surface area contributed by atoms with Crippen LogP contribution >= 0.6 is 0 Å². The number of nitrogens with zero attached hydrogens (tertiary/aromatic N) is 1. The lowest BCUT2D eigenvalue weighted by Crippen LogP contribution is -2.32. The number of halogens is 1. The molecule has 0 saturated carbocycles. The van der Waals surface area contributed by atoms with Gasteiger partial charge in [0.05, 0.1) is 13.2 Å². The molecule has 0 fully saturated rings. The molecule has 0 bridgehead atoms. The summed E-state index contributed by atoms with van der Waals surface area (Å²) in [6.07, 6.45) is 0. The Bertz CT molecular complexity index is 168. The molecule has 1 N–H and O–H groups in total. The summed E-state index contributed by atoms with van der Waals surface area (Å²) in [7, 11) is 1.91. The number of nitrogens with one attached hydrogen (secondary N) is 1. The lowest BCUT2D eigenvalue weighted by Gasteiger charge is -2.24. The largest absolute Gasteiger partial charge is 0.377 e. The van der Waals surface area contributed by atoms with Crippen molar-refractivity contribution in [3.8, 4) is 0 Å². The van der Waals surface area contributed by atoms with Crippen LogP contribution in [0.25, 0.3) is 0 Å². The van der Waals surface area contributed by atoms with E-state index < -0.39 is 0 Å². The van der Waals surface area contributed by atoms with Crippen LogP contribution < -0.4 is 5.32 Å². The van der Waals surface area contributed by atoms with Crippen molar-refractivity contribution in [3.63, 3.8) is 0 Å². The Morgan fingerprint density at radius 1 is 1.33 bits per heavy atom. The van der Waals surface area contributed by atoms with Crippen LogP contribution in [0.5, 0.6) is 0 Å². The first-order valence-electron chi connectivity index (χ1n) is 5.08. The molecule has 0 unspecified atom stereocenters. The maximum atomic E-state index is 11.3. The predicted octanol–water partition coefficient (Wildman–Crippen LogP) is 0.959. The van der Waals surface area contributed by atoms with Crippen LogP contribution in [0.3, 0.4) is 0 Å². The standard InChI is InChI=1S/C10H21FN2O2/c1-10(2)13(5-4-12-3)6-7-14-8-9-15-11/h12H,1,4-9H2,2-3H3. The fourth-order valence-electron chi connectivity index (χ4n) is 1.11. The number of hydrogen-bond acceptors (Lipinski definition) is 4. The Morgan fingerprint density at radius 3 is 2.60 bits per heavy atom. The average Bonchev–Trinajstić information content (AvgIpc) is 2.21. The van der Waals surface area contributed by atoms with E-state index in [0.717, 1.165) is 25.3 Å². The predicted molar refractivity (Wildman–Crippen MR) is 58.2 cm³/mol. The Balaban J connectivity index is 3.53. The number of hydrogen-bond donors (Lipinski definition) is 1. The van der Waals surface area contributed by atoms with Crippen LogP contribution in [0.4, 0.5) is 4.53 Å². The summed E-state index contributed by atoms with van der Waals surface area (Å²) in [5.41, 5.74) is 1.01. The zero-order chi connectivity index (χ0) is 11.5. The van der Waals surface area contributed by atoms with Gasteiger partial charge >= 0.3 is 0 Å². The van der Waals surface area contributed by atoms with Crippen LogP contribution in [-0.2, 0) is 9.68 Å². The second-order valence-corrected chi connectivity index (χ2v) is 3.25. The first-order valence-corrected chi connectivity index (χ1v) is 5.08. The van der Waals surface area contributed by atoms with Crippen molar-refractivity contribution in [2.45, 2.75) is 6.92 Å². The number of allylic oxidation sites excluding steroid dienone is 1. The van der Waals surface area contributed by atoms with Gasteiger partial charge in [0.15, 0.2) is 0 Å². The van der Waals surface area contributed by atoms with Crippen molar-refractivity contribution in [2.75, 3.05) is 46.5 Å². The van der Waals surface area contributed by atoms with Crippen molar-refractivity contribution in [1.29, 1.82) is 0 Å².